The van der Waals surface area contributed by atoms with Gasteiger partial charge in [0, 0.05) is 12.1 Å². The molecule has 0 aromatic carbocycles. The van der Waals surface area contributed by atoms with Crippen LogP contribution in [-0.4, -0.2) is 29.3 Å². The van der Waals surface area contributed by atoms with Crippen LogP contribution in [0.2, 0.25) is 0 Å². The Hall–Kier alpha value is 0.310. The van der Waals surface area contributed by atoms with Crippen molar-refractivity contribution in [1.82, 2.24) is 4.90 Å². The zero-order valence-corrected chi connectivity index (χ0v) is 9.63. The standard InChI is InChI=1S/C11H21NS/c1-8(13)5-9-6-10-3-4-11(7-9)12(10)2/h8-11,13H,3-7H2,1-2H3. The van der Waals surface area contributed by atoms with E-state index < -0.39 is 0 Å². The monoisotopic (exact) mass is 199 g/mol. The average Bonchev–Trinajstić information content (AvgIpc) is 2.33. The zero-order valence-electron chi connectivity index (χ0n) is 8.74. The Balaban J connectivity index is 1.91. The van der Waals surface area contributed by atoms with Gasteiger partial charge in [0.05, 0.1) is 0 Å². The fraction of sp³-hybridized carbons (Fsp3) is 1.00. The maximum atomic E-state index is 4.50. The quantitative estimate of drug-likeness (QED) is 0.669. The minimum Gasteiger partial charge on any atom is -0.300 e. The normalized spacial score (nSPS) is 42.2. The Morgan fingerprint density at radius 1 is 1.31 bits per heavy atom. The van der Waals surface area contributed by atoms with E-state index in [-0.39, 0.29) is 0 Å². The minimum atomic E-state index is 0.591. The van der Waals surface area contributed by atoms with E-state index in [1.807, 2.05) is 0 Å². The Bertz CT molecular complexity index is 167. The van der Waals surface area contributed by atoms with Gasteiger partial charge in [0.1, 0.15) is 0 Å². The smallest absolute Gasteiger partial charge is 0.00983 e. The molecule has 13 heavy (non-hydrogen) atoms. The van der Waals surface area contributed by atoms with Gasteiger partial charge in [-0.15, -0.1) is 0 Å². The van der Waals surface area contributed by atoms with E-state index in [9.17, 15) is 0 Å². The van der Waals surface area contributed by atoms with Crippen LogP contribution in [0.3, 0.4) is 0 Å². The number of nitrogens with zero attached hydrogens (tertiary/aromatic N) is 1. The number of fused-ring (bicyclic) bond motifs is 2. The average molecular weight is 199 g/mol. The Labute approximate surface area is 87.3 Å². The molecular formula is C11H21NS. The van der Waals surface area contributed by atoms with E-state index in [1.165, 1.54) is 32.1 Å². The zero-order chi connectivity index (χ0) is 9.42. The van der Waals surface area contributed by atoms with Gasteiger partial charge in [-0.3, -0.25) is 0 Å². The molecule has 0 aromatic heterocycles. The van der Waals surface area contributed by atoms with Gasteiger partial charge < -0.3 is 4.90 Å². The lowest BCUT2D eigenvalue weighted by atomic mass is 9.88. The van der Waals surface area contributed by atoms with Gasteiger partial charge in [0.15, 0.2) is 0 Å². The van der Waals surface area contributed by atoms with Gasteiger partial charge in [0.25, 0.3) is 0 Å². The van der Waals surface area contributed by atoms with Gasteiger partial charge in [-0.05, 0) is 50.3 Å². The summed E-state index contributed by atoms with van der Waals surface area (Å²) in [7, 11) is 2.31. The predicted molar refractivity (Wildman–Crippen MR) is 60.4 cm³/mol. The molecule has 76 valence electrons. The summed E-state index contributed by atoms with van der Waals surface area (Å²) in [5.41, 5.74) is 0. The third kappa shape index (κ3) is 2.04. The minimum absolute atomic E-state index is 0.591. The molecule has 0 aliphatic carbocycles. The first kappa shape index (κ1) is 9.85. The summed E-state index contributed by atoms with van der Waals surface area (Å²) >= 11 is 4.50. The second-order valence-corrected chi connectivity index (χ2v) is 5.85. The Morgan fingerprint density at radius 3 is 2.31 bits per heavy atom. The summed E-state index contributed by atoms with van der Waals surface area (Å²) in [5, 5.41) is 0.591. The summed E-state index contributed by atoms with van der Waals surface area (Å²) < 4.78 is 0. The first-order valence-corrected chi connectivity index (χ1v) is 6.08. The van der Waals surface area contributed by atoms with Crippen LogP contribution in [0.5, 0.6) is 0 Å². The molecule has 0 radical (unpaired) electrons. The summed E-state index contributed by atoms with van der Waals surface area (Å²) in [5.74, 6) is 0.959. The lowest BCUT2D eigenvalue weighted by Crippen LogP contribution is -2.40. The highest BCUT2D eigenvalue weighted by Gasteiger charge is 2.38. The Morgan fingerprint density at radius 2 is 1.85 bits per heavy atom. The van der Waals surface area contributed by atoms with Crippen molar-refractivity contribution in [3.05, 3.63) is 0 Å². The number of thiol groups is 1. The van der Waals surface area contributed by atoms with E-state index in [0.717, 1.165) is 18.0 Å². The van der Waals surface area contributed by atoms with Crippen molar-refractivity contribution in [3.63, 3.8) is 0 Å². The van der Waals surface area contributed by atoms with Crippen LogP contribution in [-0.2, 0) is 0 Å². The first-order valence-electron chi connectivity index (χ1n) is 5.57. The fourth-order valence-corrected chi connectivity index (χ4v) is 3.50. The molecule has 2 aliphatic heterocycles. The number of rotatable bonds is 2. The maximum absolute atomic E-state index is 4.50. The van der Waals surface area contributed by atoms with Crippen LogP contribution in [0.1, 0.15) is 39.0 Å². The van der Waals surface area contributed by atoms with E-state index in [1.54, 1.807) is 0 Å². The Kier molecular flexibility index (Phi) is 2.89. The molecule has 2 heterocycles. The van der Waals surface area contributed by atoms with Crippen molar-refractivity contribution < 1.29 is 0 Å². The van der Waals surface area contributed by atoms with Crippen molar-refractivity contribution in [2.45, 2.75) is 56.4 Å². The molecule has 0 aromatic rings. The summed E-state index contributed by atoms with van der Waals surface area (Å²) in [6, 6.07) is 1.80. The lowest BCUT2D eigenvalue weighted by molar-refractivity contribution is 0.130. The van der Waals surface area contributed by atoms with Crippen LogP contribution in [0.15, 0.2) is 0 Å². The largest absolute Gasteiger partial charge is 0.300 e. The molecule has 0 spiro atoms. The topological polar surface area (TPSA) is 3.24 Å². The van der Waals surface area contributed by atoms with E-state index in [4.69, 9.17) is 0 Å². The van der Waals surface area contributed by atoms with E-state index in [0.29, 0.717) is 5.25 Å². The molecule has 2 rings (SSSR count). The van der Waals surface area contributed by atoms with Gasteiger partial charge >= 0.3 is 0 Å². The molecule has 3 atom stereocenters. The van der Waals surface area contributed by atoms with E-state index in [2.05, 4.69) is 31.5 Å². The molecule has 2 heteroatoms. The second kappa shape index (κ2) is 3.82. The number of hydrogen-bond donors (Lipinski definition) is 1. The fourth-order valence-electron chi connectivity index (χ4n) is 3.20. The highest BCUT2D eigenvalue weighted by atomic mass is 32.1. The van der Waals surface area contributed by atoms with E-state index >= 15 is 0 Å². The third-order valence-corrected chi connectivity index (χ3v) is 4.08. The van der Waals surface area contributed by atoms with Crippen LogP contribution in [0.25, 0.3) is 0 Å². The third-order valence-electron chi connectivity index (χ3n) is 3.87. The molecule has 2 fully saturated rings. The van der Waals surface area contributed by atoms with Crippen molar-refractivity contribution in [3.8, 4) is 0 Å². The summed E-state index contributed by atoms with van der Waals surface area (Å²) in [6.45, 7) is 2.23. The van der Waals surface area contributed by atoms with Gasteiger partial charge in [0.2, 0.25) is 0 Å². The van der Waals surface area contributed by atoms with Gasteiger partial charge in [-0.1, -0.05) is 6.92 Å². The van der Waals surface area contributed by atoms with Crippen molar-refractivity contribution in [1.29, 1.82) is 0 Å². The van der Waals surface area contributed by atoms with Crippen molar-refractivity contribution in [2.24, 2.45) is 5.92 Å². The number of piperidine rings is 1. The molecule has 2 bridgehead atoms. The van der Waals surface area contributed by atoms with Crippen LogP contribution < -0.4 is 0 Å². The molecular weight excluding hydrogens is 178 g/mol. The second-order valence-electron chi connectivity index (χ2n) is 4.97. The van der Waals surface area contributed by atoms with Gasteiger partial charge in [-0.25, -0.2) is 0 Å². The maximum Gasteiger partial charge on any atom is 0.00983 e. The predicted octanol–water partition coefficient (Wildman–Crippen LogP) is 2.57. The highest BCUT2D eigenvalue weighted by Crippen LogP contribution is 2.39. The van der Waals surface area contributed by atoms with Crippen molar-refractivity contribution in [2.75, 3.05) is 7.05 Å². The summed E-state index contributed by atoms with van der Waals surface area (Å²) in [4.78, 5) is 2.61. The van der Waals surface area contributed by atoms with Crippen molar-refractivity contribution >= 4 is 12.6 Å². The molecule has 2 saturated heterocycles. The molecule has 1 nitrogen and oxygen atoms in total. The van der Waals surface area contributed by atoms with Gasteiger partial charge in [-0.2, -0.15) is 12.6 Å². The molecule has 0 N–H and O–H groups in total. The number of hydrogen-bond acceptors (Lipinski definition) is 2. The SMILES string of the molecule is CC(S)CC1CC2CCC(C1)N2C. The molecule has 0 saturated carbocycles. The van der Waals surface area contributed by atoms with Crippen LogP contribution in [0.4, 0.5) is 0 Å². The lowest BCUT2D eigenvalue weighted by Gasteiger charge is -2.36. The highest BCUT2D eigenvalue weighted by molar-refractivity contribution is 7.80. The first-order chi connectivity index (χ1) is 6.16. The molecule has 0 amide bonds. The summed E-state index contributed by atoms with van der Waals surface area (Å²) in [6.07, 6.45) is 7.07. The van der Waals surface area contributed by atoms with Crippen LogP contribution >= 0.6 is 12.6 Å². The molecule has 3 unspecified atom stereocenters. The molecule has 2 aliphatic rings. The van der Waals surface area contributed by atoms with Crippen LogP contribution in [0, 0.1) is 5.92 Å².